The van der Waals surface area contributed by atoms with Gasteiger partial charge in [0, 0.05) is 16.6 Å². The Kier molecular flexibility index (Phi) is 5.26. The number of pyridine rings is 1. The van der Waals surface area contributed by atoms with E-state index in [4.69, 9.17) is 4.74 Å². The first-order valence-electron chi connectivity index (χ1n) is 6.19. The standard InChI is InChI=1S/C14H14BrN3O3/c1-9-12(15)6-7-13(16-9)17-14(19)8-21-11-4-2-10(18-20)3-5-11/h2-7H,8,18H2,1H3,(H,16,17,19). The number of benzene rings is 1. The first-order valence-corrected chi connectivity index (χ1v) is 6.99. The fourth-order valence-corrected chi connectivity index (χ4v) is 1.80. The van der Waals surface area contributed by atoms with E-state index in [0.717, 1.165) is 15.6 Å². The summed E-state index contributed by atoms with van der Waals surface area (Å²) in [4.78, 5) is 16.0. The highest BCUT2D eigenvalue weighted by Gasteiger charge is 2.06. The molecule has 0 saturated carbocycles. The molecule has 7 heteroatoms. The van der Waals surface area contributed by atoms with Crippen LogP contribution in [0.25, 0.3) is 0 Å². The number of aromatic nitrogens is 1. The number of nitrogens with two attached hydrogens (primary N) is 1. The van der Waals surface area contributed by atoms with Crippen molar-refractivity contribution in [2.75, 3.05) is 11.9 Å². The van der Waals surface area contributed by atoms with E-state index in [1.807, 2.05) is 13.0 Å². The number of quaternary nitrogens is 1. The molecule has 1 aromatic heterocycles. The average Bonchev–Trinajstić information content (AvgIpc) is 2.49. The molecule has 21 heavy (non-hydrogen) atoms. The van der Waals surface area contributed by atoms with Crippen molar-refractivity contribution in [1.29, 1.82) is 0 Å². The van der Waals surface area contributed by atoms with Crippen LogP contribution in [-0.4, -0.2) is 17.5 Å². The second-order valence-corrected chi connectivity index (χ2v) is 5.14. The number of hydrogen-bond acceptors (Lipinski definition) is 4. The van der Waals surface area contributed by atoms with Crippen molar-refractivity contribution in [2.24, 2.45) is 0 Å². The number of ether oxygens (including phenoxy) is 1. The summed E-state index contributed by atoms with van der Waals surface area (Å²) in [6.45, 7) is 1.71. The average molecular weight is 352 g/mol. The summed E-state index contributed by atoms with van der Waals surface area (Å²) in [5, 5.41) is 13.2. The predicted molar refractivity (Wildman–Crippen MR) is 82.2 cm³/mol. The Labute approximate surface area is 130 Å². The molecule has 110 valence electrons. The summed E-state index contributed by atoms with van der Waals surface area (Å²) in [5.41, 5.74) is 2.09. The monoisotopic (exact) mass is 351 g/mol. The van der Waals surface area contributed by atoms with E-state index in [1.54, 1.807) is 30.3 Å². The van der Waals surface area contributed by atoms with E-state index < -0.39 is 0 Å². The van der Waals surface area contributed by atoms with Gasteiger partial charge >= 0.3 is 0 Å². The third kappa shape index (κ3) is 4.52. The lowest BCUT2D eigenvalue weighted by Gasteiger charge is -2.08. The maximum atomic E-state index is 11.8. The minimum atomic E-state index is -0.302. The number of amides is 1. The molecule has 0 aliphatic carbocycles. The van der Waals surface area contributed by atoms with Gasteiger partial charge in [-0.25, -0.2) is 4.98 Å². The minimum absolute atomic E-state index is 0.128. The Balaban J connectivity index is 1.87. The first-order chi connectivity index (χ1) is 10.1. The van der Waals surface area contributed by atoms with Crippen LogP contribution >= 0.6 is 15.9 Å². The van der Waals surface area contributed by atoms with Crippen molar-refractivity contribution in [3.63, 3.8) is 0 Å². The molecule has 0 bridgehead atoms. The fourth-order valence-electron chi connectivity index (χ4n) is 1.58. The Morgan fingerprint density at radius 1 is 1.33 bits per heavy atom. The lowest BCUT2D eigenvalue weighted by atomic mass is 10.3. The zero-order valence-corrected chi connectivity index (χ0v) is 12.9. The lowest BCUT2D eigenvalue weighted by Crippen LogP contribution is -2.69. The molecule has 1 aromatic carbocycles. The van der Waals surface area contributed by atoms with E-state index in [-0.39, 0.29) is 12.5 Å². The summed E-state index contributed by atoms with van der Waals surface area (Å²) < 4.78 is 6.21. The molecular weight excluding hydrogens is 338 g/mol. The van der Waals surface area contributed by atoms with Gasteiger partial charge in [-0.3, -0.25) is 4.79 Å². The van der Waals surface area contributed by atoms with Crippen LogP contribution in [0.15, 0.2) is 40.9 Å². The van der Waals surface area contributed by atoms with Crippen LogP contribution < -0.4 is 15.5 Å². The second kappa shape index (κ2) is 7.16. The predicted octanol–water partition coefficient (Wildman–Crippen LogP) is 1.86. The largest absolute Gasteiger partial charge is 0.630 e. The molecule has 3 N–H and O–H groups in total. The van der Waals surface area contributed by atoms with Crippen molar-refractivity contribution in [3.05, 3.63) is 51.8 Å². The summed E-state index contributed by atoms with van der Waals surface area (Å²) in [7, 11) is 0. The summed E-state index contributed by atoms with van der Waals surface area (Å²) in [6, 6.07) is 10.0. The van der Waals surface area contributed by atoms with Crippen LogP contribution in [0.5, 0.6) is 5.75 Å². The molecule has 1 heterocycles. The van der Waals surface area contributed by atoms with Gasteiger partial charge in [-0.15, -0.1) is 0 Å². The molecule has 0 radical (unpaired) electrons. The molecule has 0 unspecified atom stereocenters. The number of nitrogens with zero attached hydrogens (tertiary/aromatic N) is 1. The van der Waals surface area contributed by atoms with Crippen molar-refractivity contribution in [2.45, 2.75) is 6.92 Å². The Morgan fingerprint density at radius 2 is 2.05 bits per heavy atom. The van der Waals surface area contributed by atoms with Crippen LogP contribution in [0.4, 0.5) is 11.5 Å². The molecule has 0 aliphatic rings. The third-order valence-corrected chi connectivity index (χ3v) is 3.51. The molecule has 0 atom stereocenters. The van der Waals surface area contributed by atoms with Gasteiger partial charge in [-0.05, 0) is 47.1 Å². The maximum absolute atomic E-state index is 11.8. The van der Waals surface area contributed by atoms with E-state index in [1.165, 1.54) is 0 Å². The molecular formula is C14H14BrN3O3. The molecule has 2 rings (SSSR count). The molecule has 2 aromatic rings. The third-order valence-electron chi connectivity index (χ3n) is 2.67. The second-order valence-electron chi connectivity index (χ2n) is 4.29. The topological polar surface area (TPSA) is 90.9 Å². The van der Waals surface area contributed by atoms with Gasteiger partial charge in [0.05, 0.1) is 5.69 Å². The van der Waals surface area contributed by atoms with Gasteiger partial charge in [0.1, 0.15) is 17.3 Å². The first kappa shape index (κ1) is 15.4. The Morgan fingerprint density at radius 3 is 2.67 bits per heavy atom. The van der Waals surface area contributed by atoms with Gasteiger partial charge in [0.25, 0.3) is 5.91 Å². The van der Waals surface area contributed by atoms with E-state index in [9.17, 15) is 10.0 Å². The number of halogens is 1. The fraction of sp³-hybridized carbons (Fsp3) is 0.143. The molecule has 0 spiro atoms. The highest BCUT2D eigenvalue weighted by atomic mass is 79.9. The van der Waals surface area contributed by atoms with Crippen molar-refractivity contribution in [1.82, 2.24) is 4.98 Å². The highest BCUT2D eigenvalue weighted by molar-refractivity contribution is 9.10. The van der Waals surface area contributed by atoms with Gasteiger partial charge in [0.2, 0.25) is 0 Å². The zero-order chi connectivity index (χ0) is 15.2. The van der Waals surface area contributed by atoms with E-state index in [2.05, 4.69) is 26.2 Å². The quantitative estimate of drug-likeness (QED) is 0.635. The number of nitrogens with one attached hydrogen (secondary N) is 1. The Bertz CT molecular complexity index is 632. The highest BCUT2D eigenvalue weighted by Crippen LogP contribution is 2.16. The van der Waals surface area contributed by atoms with Crippen LogP contribution in [0.2, 0.25) is 0 Å². The lowest BCUT2D eigenvalue weighted by molar-refractivity contribution is -0.497. The summed E-state index contributed by atoms with van der Waals surface area (Å²) in [5.74, 6) is 0.694. The van der Waals surface area contributed by atoms with Crippen LogP contribution in [0.1, 0.15) is 5.69 Å². The molecule has 0 aliphatic heterocycles. The van der Waals surface area contributed by atoms with Crippen molar-refractivity contribution in [3.8, 4) is 5.75 Å². The van der Waals surface area contributed by atoms with Gasteiger partial charge in [-0.1, -0.05) is 0 Å². The SMILES string of the molecule is Cc1nc(NC(=O)COc2ccc([NH2+][O-])cc2)ccc1Br. The maximum Gasteiger partial charge on any atom is 0.263 e. The molecule has 6 nitrogen and oxygen atoms in total. The van der Waals surface area contributed by atoms with Crippen LogP contribution in [0, 0.1) is 12.1 Å². The molecule has 1 amide bonds. The Hall–Kier alpha value is -1.96. The van der Waals surface area contributed by atoms with E-state index >= 15 is 0 Å². The molecule has 0 saturated heterocycles. The minimum Gasteiger partial charge on any atom is -0.630 e. The number of anilines is 1. The number of hydrogen-bond donors (Lipinski definition) is 2. The van der Waals surface area contributed by atoms with E-state index in [0.29, 0.717) is 17.3 Å². The number of rotatable bonds is 5. The normalized spacial score (nSPS) is 10.2. The zero-order valence-electron chi connectivity index (χ0n) is 11.3. The number of carbonyl (C=O) groups excluding carboxylic acids is 1. The summed E-state index contributed by atoms with van der Waals surface area (Å²) in [6.07, 6.45) is 0. The number of carbonyl (C=O) groups is 1. The van der Waals surface area contributed by atoms with Gasteiger partial charge < -0.3 is 20.7 Å². The van der Waals surface area contributed by atoms with Crippen molar-refractivity contribution < 1.29 is 15.0 Å². The van der Waals surface area contributed by atoms with Crippen molar-refractivity contribution >= 4 is 33.3 Å². The van der Waals surface area contributed by atoms with Gasteiger partial charge in [0.15, 0.2) is 6.61 Å². The number of aryl methyl sites for hydroxylation is 1. The summed E-state index contributed by atoms with van der Waals surface area (Å²) >= 11 is 3.34. The van der Waals surface area contributed by atoms with Crippen LogP contribution in [-0.2, 0) is 4.79 Å². The van der Waals surface area contributed by atoms with Crippen LogP contribution in [0.3, 0.4) is 0 Å². The molecule has 0 fully saturated rings. The van der Waals surface area contributed by atoms with Gasteiger partial charge in [-0.2, -0.15) is 0 Å². The smallest absolute Gasteiger partial charge is 0.263 e.